The topological polar surface area (TPSA) is 124 Å². The molecule has 7 nitrogen and oxygen atoms in total. The van der Waals surface area contributed by atoms with Gasteiger partial charge in [-0.25, -0.2) is 0 Å². The largest absolute Gasteiger partial charge is 0.387 e. The number of unbranched alkanes of at least 4 members (excludes halogenated alkanes) is 29. The van der Waals surface area contributed by atoms with Gasteiger partial charge in [0.25, 0.3) is 10.1 Å². The number of hydrogen-bond acceptors (Lipinski definition) is 5. The summed E-state index contributed by atoms with van der Waals surface area (Å²) in [6.07, 6.45) is 50.6. The summed E-state index contributed by atoms with van der Waals surface area (Å²) in [5.41, 5.74) is 0. The zero-order valence-electron chi connectivity index (χ0n) is 35.9. The van der Waals surface area contributed by atoms with Crippen molar-refractivity contribution in [1.29, 1.82) is 0 Å². The van der Waals surface area contributed by atoms with E-state index in [1.807, 2.05) is 0 Å². The predicted octanol–water partition coefficient (Wildman–Crippen LogP) is 13.1. The number of aliphatic hydroxyl groups excluding tert-OH is 2. The van der Waals surface area contributed by atoms with Crippen molar-refractivity contribution in [1.82, 2.24) is 5.32 Å². The molecule has 3 atom stereocenters. The summed E-state index contributed by atoms with van der Waals surface area (Å²) in [4.78, 5) is 12.6. The first-order valence-electron chi connectivity index (χ1n) is 23.3. The van der Waals surface area contributed by atoms with E-state index in [1.165, 1.54) is 160 Å². The number of allylic oxidation sites excluding steroid dienone is 5. The lowest BCUT2D eigenvalue weighted by atomic mass is 10.0. The van der Waals surface area contributed by atoms with E-state index in [9.17, 15) is 28.0 Å². The fourth-order valence-corrected chi connectivity index (χ4v) is 7.81. The Morgan fingerprint density at radius 3 is 1.20 bits per heavy atom. The number of carbonyl (C=O) groups excluding carboxylic acids is 1. The minimum Gasteiger partial charge on any atom is -0.387 e. The van der Waals surface area contributed by atoms with Gasteiger partial charge in [-0.2, -0.15) is 8.42 Å². The Morgan fingerprint density at radius 1 is 0.491 bits per heavy atom. The molecule has 0 bridgehead atoms. The summed E-state index contributed by atoms with van der Waals surface area (Å²) >= 11 is 0. The van der Waals surface area contributed by atoms with Crippen LogP contribution in [0, 0.1) is 0 Å². The molecule has 0 fully saturated rings. The lowest BCUT2D eigenvalue weighted by molar-refractivity contribution is -0.130. The van der Waals surface area contributed by atoms with E-state index in [0.29, 0.717) is 12.8 Å². The van der Waals surface area contributed by atoms with Crippen molar-refractivity contribution in [3.8, 4) is 0 Å². The van der Waals surface area contributed by atoms with Crippen molar-refractivity contribution in [2.45, 2.75) is 250 Å². The van der Waals surface area contributed by atoms with Gasteiger partial charge >= 0.3 is 0 Å². The maximum atomic E-state index is 12.6. The van der Waals surface area contributed by atoms with Crippen molar-refractivity contribution in [2.75, 3.05) is 5.75 Å². The molecule has 324 valence electrons. The van der Waals surface area contributed by atoms with Gasteiger partial charge in [-0.15, -0.1) is 0 Å². The number of hydrogen-bond donors (Lipinski definition) is 4. The first-order valence-corrected chi connectivity index (χ1v) is 24.9. The Hall–Kier alpha value is -1.48. The summed E-state index contributed by atoms with van der Waals surface area (Å²) in [5.74, 6) is -1.56. The lowest BCUT2D eigenvalue weighted by Gasteiger charge is -2.22. The second-order valence-corrected chi connectivity index (χ2v) is 17.7. The van der Waals surface area contributed by atoms with Gasteiger partial charge in [0.2, 0.25) is 5.91 Å². The monoisotopic (exact) mass is 796 g/mol. The maximum Gasteiger partial charge on any atom is 0.267 e. The van der Waals surface area contributed by atoms with Crippen LogP contribution in [0.1, 0.15) is 232 Å². The maximum absolute atomic E-state index is 12.6. The SMILES string of the molecule is CCCCCCCCCCCC/C=C/CC/C=C/CC/C=C/C(O)C(CS(=O)(=O)O)NC(=O)C(O)CCCCCCCCCCCCCCCCCCCC. The molecule has 0 saturated heterocycles. The average Bonchev–Trinajstić information content (AvgIpc) is 3.15. The van der Waals surface area contributed by atoms with E-state index in [2.05, 4.69) is 43.5 Å². The number of aliphatic hydroxyl groups is 2. The minimum absolute atomic E-state index is 0.274. The van der Waals surface area contributed by atoms with Gasteiger partial charge in [-0.05, 0) is 44.9 Å². The Kier molecular flexibility index (Phi) is 39.6. The standard InChI is InChI=1S/C47H89NO6S/c1-3-5-7-9-11-13-15-17-19-21-23-24-26-27-29-31-33-35-37-39-41-45(49)44(43-55(52,53)54)48-47(51)46(50)42-40-38-36-34-32-30-28-25-22-20-18-16-14-12-10-8-6-4-2/h24,26,31,33,39,41,44-46,49-50H,3-23,25,27-30,32,34-38,40,42-43H2,1-2H3,(H,48,51)(H,52,53,54)/b26-24+,33-31+,41-39+. The Morgan fingerprint density at radius 2 is 0.818 bits per heavy atom. The van der Waals surface area contributed by atoms with Gasteiger partial charge in [-0.3, -0.25) is 9.35 Å². The number of carbonyl (C=O) groups is 1. The Bertz CT molecular complexity index is 1030. The zero-order chi connectivity index (χ0) is 40.5. The number of nitrogens with one attached hydrogen (secondary N) is 1. The van der Waals surface area contributed by atoms with Gasteiger partial charge in [0.1, 0.15) is 6.10 Å². The summed E-state index contributed by atoms with van der Waals surface area (Å²) in [5, 5.41) is 23.5. The quantitative estimate of drug-likeness (QED) is 0.0277. The van der Waals surface area contributed by atoms with Gasteiger partial charge in [0.15, 0.2) is 0 Å². The molecule has 3 unspecified atom stereocenters. The van der Waals surface area contributed by atoms with Gasteiger partial charge in [-0.1, -0.05) is 224 Å². The van der Waals surface area contributed by atoms with Crippen LogP contribution in [0.2, 0.25) is 0 Å². The first-order chi connectivity index (χ1) is 26.7. The van der Waals surface area contributed by atoms with Crippen molar-refractivity contribution >= 4 is 16.0 Å². The molecule has 0 heterocycles. The highest BCUT2D eigenvalue weighted by Crippen LogP contribution is 2.16. The van der Waals surface area contributed by atoms with E-state index in [0.717, 1.165) is 44.9 Å². The van der Waals surface area contributed by atoms with E-state index in [1.54, 1.807) is 6.08 Å². The molecule has 0 aromatic carbocycles. The highest BCUT2D eigenvalue weighted by atomic mass is 32.2. The van der Waals surface area contributed by atoms with Crippen LogP contribution >= 0.6 is 0 Å². The summed E-state index contributed by atoms with van der Waals surface area (Å²) in [6.45, 7) is 4.53. The van der Waals surface area contributed by atoms with Crippen LogP contribution in [0.25, 0.3) is 0 Å². The average molecular weight is 796 g/mol. The Balaban J connectivity index is 4.02. The molecular weight excluding hydrogens is 707 g/mol. The van der Waals surface area contributed by atoms with Crippen LogP contribution in [0.4, 0.5) is 0 Å². The third kappa shape index (κ3) is 40.5. The summed E-state index contributed by atoms with van der Waals surface area (Å²) < 4.78 is 32.6. The molecule has 0 aromatic rings. The molecule has 1 amide bonds. The lowest BCUT2D eigenvalue weighted by Crippen LogP contribution is -2.50. The van der Waals surface area contributed by atoms with Crippen LogP contribution in [0.3, 0.4) is 0 Å². The second-order valence-electron chi connectivity index (χ2n) is 16.2. The fourth-order valence-electron chi connectivity index (χ4n) is 7.08. The van der Waals surface area contributed by atoms with Gasteiger partial charge in [0, 0.05) is 0 Å². The van der Waals surface area contributed by atoms with E-state index >= 15 is 0 Å². The van der Waals surface area contributed by atoms with Crippen LogP contribution < -0.4 is 5.32 Å². The molecule has 8 heteroatoms. The highest BCUT2D eigenvalue weighted by molar-refractivity contribution is 7.85. The van der Waals surface area contributed by atoms with Gasteiger partial charge in [0.05, 0.1) is 17.9 Å². The molecule has 0 aliphatic rings. The van der Waals surface area contributed by atoms with Crippen LogP contribution in [0.15, 0.2) is 36.5 Å². The first kappa shape index (κ1) is 53.5. The molecule has 0 aliphatic carbocycles. The molecule has 55 heavy (non-hydrogen) atoms. The zero-order valence-corrected chi connectivity index (χ0v) is 36.7. The molecule has 4 N–H and O–H groups in total. The van der Waals surface area contributed by atoms with E-state index < -0.39 is 40.0 Å². The molecule has 0 aliphatic heterocycles. The van der Waals surface area contributed by atoms with Crippen LogP contribution in [0.5, 0.6) is 0 Å². The molecular formula is C47H89NO6S. The minimum atomic E-state index is -4.46. The molecule has 0 spiro atoms. The summed E-state index contributed by atoms with van der Waals surface area (Å²) in [7, 11) is -4.46. The number of amides is 1. The molecule has 0 saturated carbocycles. The fraction of sp³-hybridized carbons (Fsp3) is 0.851. The third-order valence-corrected chi connectivity index (χ3v) is 11.4. The highest BCUT2D eigenvalue weighted by Gasteiger charge is 2.27. The van der Waals surface area contributed by atoms with E-state index in [4.69, 9.17) is 0 Å². The Labute approximate surface area is 340 Å². The molecule has 0 radical (unpaired) electrons. The van der Waals surface area contributed by atoms with Crippen molar-refractivity contribution in [3.63, 3.8) is 0 Å². The third-order valence-electron chi connectivity index (χ3n) is 10.7. The van der Waals surface area contributed by atoms with Crippen LogP contribution in [-0.2, 0) is 14.9 Å². The van der Waals surface area contributed by atoms with Gasteiger partial charge < -0.3 is 15.5 Å². The van der Waals surface area contributed by atoms with Crippen molar-refractivity contribution in [3.05, 3.63) is 36.5 Å². The molecule has 0 aromatic heterocycles. The second kappa shape index (κ2) is 40.7. The van der Waals surface area contributed by atoms with Crippen molar-refractivity contribution < 1.29 is 28.0 Å². The predicted molar refractivity (Wildman–Crippen MR) is 236 cm³/mol. The normalized spacial score (nSPS) is 14.1. The smallest absolute Gasteiger partial charge is 0.267 e. The van der Waals surface area contributed by atoms with E-state index in [-0.39, 0.29) is 6.42 Å². The summed E-state index contributed by atoms with van der Waals surface area (Å²) in [6, 6.07) is -1.25. The van der Waals surface area contributed by atoms with Crippen LogP contribution in [-0.4, -0.2) is 53.1 Å². The molecule has 0 rings (SSSR count). The van der Waals surface area contributed by atoms with Crippen molar-refractivity contribution in [2.24, 2.45) is 0 Å². The number of rotatable bonds is 42.